The average molecular weight is 236 g/mol. The molecule has 1 atom stereocenters. The van der Waals surface area contributed by atoms with Crippen LogP contribution in [0.1, 0.15) is 25.5 Å². The SMILES string of the molecule is CN1CC(C)(C)Oc2cc(C(O)CN)ccc21. The third kappa shape index (κ3) is 2.37. The predicted octanol–water partition coefficient (Wildman–Crippen LogP) is 1.29. The van der Waals surface area contributed by atoms with Crippen LogP contribution in [-0.4, -0.2) is 30.8 Å². The van der Waals surface area contributed by atoms with Gasteiger partial charge in [-0.1, -0.05) is 6.07 Å². The van der Waals surface area contributed by atoms with E-state index in [0.29, 0.717) is 0 Å². The van der Waals surface area contributed by atoms with Crippen LogP contribution in [0.25, 0.3) is 0 Å². The number of nitrogens with two attached hydrogens (primary N) is 1. The molecule has 0 bridgehead atoms. The molecule has 0 amide bonds. The Balaban J connectivity index is 2.38. The van der Waals surface area contributed by atoms with Crippen LogP contribution in [0.3, 0.4) is 0 Å². The van der Waals surface area contributed by atoms with E-state index in [-0.39, 0.29) is 12.1 Å². The molecule has 4 heteroatoms. The lowest BCUT2D eigenvalue weighted by molar-refractivity contribution is 0.106. The van der Waals surface area contributed by atoms with Crippen molar-refractivity contribution in [2.45, 2.75) is 25.6 Å². The maximum absolute atomic E-state index is 9.73. The number of aliphatic hydroxyl groups is 1. The Labute approximate surface area is 102 Å². The van der Waals surface area contributed by atoms with Gasteiger partial charge in [0.15, 0.2) is 0 Å². The van der Waals surface area contributed by atoms with Gasteiger partial charge >= 0.3 is 0 Å². The molecule has 1 unspecified atom stereocenters. The molecule has 0 aromatic heterocycles. The molecule has 0 radical (unpaired) electrons. The molecule has 3 N–H and O–H groups in total. The zero-order valence-electron chi connectivity index (χ0n) is 10.6. The third-order valence-corrected chi connectivity index (χ3v) is 3.01. The molecule has 1 aliphatic rings. The fourth-order valence-corrected chi connectivity index (χ4v) is 2.26. The van der Waals surface area contributed by atoms with Crippen molar-refractivity contribution < 1.29 is 9.84 Å². The molecule has 1 aromatic carbocycles. The second-order valence-electron chi connectivity index (χ2n) is 5.20. The fourth-order valence-electron chi connectivity index (χ4n) is 2.26. The Morgan fingerprint density at radius 2 is 2.24 bits per heavy atom. The maximum atomic E-state index is 9.73. The molecule has 0 aliphatic carbocycles. The molecular weight excluding hydrogens is 216 g/mol. The van der Waals surface area contributed by atoms with Crippen LogP contribution >= 0.6 is 0 Å². The Morgan fingerprint density at radius 1 is 1.53 bits per heavy atom. The topological polar surface area (TPSA) is 58.7 Å². The molecule has 2 rings (SSSR count). The lowest BCUT2D eigenvalue weighted by Crippen LogP contribution is -2.45. The van der Waals surface area contributed by atoms with E-state index in [0.717, 1.165) is 23.5 Å². The summed E-state index contributed by atoms with van der Waals surface area (Å²) in [5.41, 5.74) is 7.10. The Bertz CT molecular complexity index is 418. The Morgan fingerprint density at radius 3 is 2.88 bits per heavy atom. The first-order valence-corrected chi connectivity index (χ1v) is 5.85. The van der Waals surface area contributed by atoms with Crippen LogP contribution in [0.4, 0.5) is 5.69 Å². The van der Waals surface area contributed by atoms with Gasteiger partial charge in [-0.2, -0.15) is 0 Å². The number of hydrogen-bond donors (Lipinski definition) is 2. The average Bonchev–Trinajstić information content (AvgIpc) is 2.25. The van der Waals surface area contributed by atoms with E-state index in [4.69, 9.17) is 10.5 Å². The molecule has 0 saturated heterocycles. The van der Waals surface area contributed by atoms with Crippen LogP contribution in [0.15, 0.2) is 18.2 Å². The summed E-state index contributed by atoms with van der Waals surface area (Å²) >= 11 is 0. The van der Waals surface area contributed by atoms with Crippen molar-refractivity contribution in [3.63, 3.8) is 0 Å². The summed E-state index contributed by atoms with van der Waals surface area (Å²) in [4.78, 5) is 2.16. The normalized spacial score (nSPS) is 19.5. The van der Waals surface area contributed by atoms with Crippen LogP contribution < -0.4 is 15.4 Å². The zero-order chi connectivity index (χ0) is 12.6. The summed E-state index contributed by atoms with van der Waals surface area (Å²) in [5.74, 6) is 0.814. The van der Waals surface area contributed by atoms with Gasteiger partial charge in [-0.05, 0) is 31.5 Å². The number of fused-ring (bicyclic) bond motifs is 1. The number of aliphatic hydroxyl groups excluding tert-OH is 1. The van der Waals surface area contributed by atoms with Crippen LogP contribution in [0.2, 0.25) is 0 Å². The number of ether oxygens (including phenoxy) is 1. The molecule has 1 aromatic rings. The lowest BCUT2D eigenvalue weighted by atomic mass is 10.0. The second kappa shape index (κ2) is 4.20. The number of benzene rings is 1. The summed E-state index contributed by atoms with van der Waals surface area (Å²) in [7, 11) is 2.04. The van der Waals surface area contributed by atoms with Gasteiger partial charge < -0.3 is 20.5 Å². The van der Waals surface area contributed by atoms with Crippen molar-refractivity contribution in [2.24, 2.45) is 5.73 Å². The predicted molar refractivity (Wildman–Crippen MR) is 68.4 cm³/mol. The minimum absolute atomic E-state index is 0.214. The van der Waals surface area contributed by atoms with E-state index in [1.165, 1.54) is 0 Å². The second-order valence-corrected chi connectivity index (χ2v) is 5.20. The molecule has 4 nitrogen and oxygen atoms in total. The Hall–Kier alpha value is -1.26. The van der Waals surface area contributed by atoms with E-state index in [9.17, 15) is 5.11 Å². The van der Waals surface area contributed by atoms with E-state index in [1.807, 2.05) is 25.2 Å². The van der Waals surface area contributed by atoms with Gasteiger partial charge in [-0.25, -0.2) is 0 Å². The first kappa shape index (κ1) is 12.2. The smallest absolute Gasteiger partial charge is 0.143 e. The lowest BCUT2D eigenvalue weighted by Gasteiger charge is -2.39. The molecular formula is C13H20N2O2. The summed E-state index contributed by atoms with van der Waals surface area (Å²) in [6, 6.07) is 5.75. The molecule has 17 heavy (non-hydrogen) atoms. The highest BCUT2D eigenvalue weighted by Crippen LogP contribution is 2.37. The number of hydrogen-bond acceptors (Lipinski definition) is 4. The highest BCUT2D eigenvalue weighted by molar-refractivity contribution is 5.61. The van der Waals surface area contributed by atoms with Gasteiger partial charge in [0.25, 0.3) is 0 Å². The number of rotatable bonds is 2. The number of nitrogens with zero attached hydrogens (tertiary/aromatic N) is 1. The molecule has 1 aliphatic heterocycles. The van der Waals surface area contributed by atoms with Crippen molar-refractivity contribution in [2.75, 3.05) is 25.0 Å². The zero-order valence-corrected chi connectivity index (χ0v) is 10.6. The van der Waals surface area contributed by atoms with Gasteiger partial charge in [0.1, 0.15) is 11.4 Å². The molecule has 0 fully saturated rings. The van der Waals surface area contributed by atoms with Gasteiger partial charge in [-0.15, -0.1) is 0 Å². The first-order chi connectivity index (χ1) is 7.93. The highest BCUT2D eigenvalue weighted by Gasteiger charge is 2.30. The van der Waals surface area contributed by atoms with Crippen LogP contribution in [-0.2, 0) is 0 Å². The van der Waals surface area contributed by atoms with E-state index < -0.39 is 6.10 Å². The standard InChI is InChI=1S/C13H20N2O2/c1-13(2)8-15(3)10-5-4-9(11(16)7-14)6-12(10)17-13/h4-6,11,16H,7-8,14H2,1-3H3. The van der Waals surface area contributed by atoms with Gasteiger partial charge in [0.2, 0.25) is 0 Å². The van der Waals surface area contributed by atoms with Crippen molar-refractivity contribution in [3.05, 3.63) is 23.8 Å². The van der Waals surface area contributed by atoms with Crippen molar-refractivity contribution in [3.8, 4) is 5.75 Å². The van der Waals surface area contributed by atoms with Gasteiger partial charge in [-0.3, -0.25) is 0 Å². The summed E-state index contributed by atoms with van der Waals surface area (Å²) in [5, 5.41) is 9.73. The first-order valence-electron chi connectivity index (χ1n) is 5.85. The van der Waals surface area contributed by atoms with Crippen molar-refractivity contribution >= 4 is 5.69 Å². The summed E-state index contributed by atoms with van der Waals surface area (Å²) < 4.78 is 5.93. The third-order valence-electron chi connectivity index (χ3n) is 3.01. The molecule has 1 heterocycles. The van der Waals surface area contributed by atoms with E-state index >= 15 is 0 Å². The quantitative estimate of drug-likeness (QED) is 0.812. The fraction of sp³-hybridized carbons (Fsp3) is 0.538. The van der Waals surface area contributed by atoms with Crippen molar-refractivity contribution in [1.29, 1.82) is 0 Å². The maximum Gasteiger partial charge on any atom is 0.143 e. The van der Waals surface area contributed by atoms with Gasteiger partial charge in [0.05, 0.1) is 18.3 Å². The molecule has 0 spiro atoms. The molecule has 94 valence electrons. The van der Waals surface area contributed by atoms with E-state index in [2.05, 4.69) is 18.7 Å². The van der Waals surface area contributed by atoms with Gasteiger partial charge in [0, 0.05) is 13.6 Å². The minimum atomic E-state index is -0.626. The summed E-state index contributed by atoms with van der Waals surface area (Å²) in [6.45, 7) is 5.17. The number of likely N-dealkylation sites (N-methyl/N-ethyl adjacent to an activating group) is 1. The van der Waals surface area contributed by atoms with Crippen LogP contribution in [0.5, 0.6) is 5.75 Å². The van der Waals surface area contributed by atoms with Crippen molar-refractivity contribution in [1.82, 2.24) is 0 Å². The van der Waals surface area contributed by atoms with E-state index in [1.54, 1.807) is 0 Å². The number of anilines is 1. The minimum Gasteiger partial charge on any atom is -0.484 e. The Kier molecular flexibility index (Phi) is 3.02. The van der Waals surface area contributed by atoms with Crippen LogP contribution in [0, 0.1) is 0 Å². The molecule has 0 saturated carbocycles. The largest absolute Gasteiger partial charge is 0.484 e. The monoisotopic (exact) mass is 236 g/mol. The highest BCUT2D eigenvalue weighted by atomic mass is 16.5. The summed E-state index contributed by atoms with van der Waals surface area (Å²) in [6.07, 6.45) is -0.626.